The zero-order valence-electron chi connectivity index (χ0n) is 12.2. The molecule has 0 fully saturated rings. The standard InChI is InChI=1S/C18H19NO2/c1-21-18(20)12-6-7-13-19-16-10-4-2-8-14(16)15-9-3-5-11-17(15)19/h2-5,8-11H,6-7,12-13H2,1H3. The Morgan fingerprint density at radius 1 is 0.952 bits per heavy atom. The SMILES string of the molecule is COC(=O)CCCCn1c2ccccc2c2ccccc21. The van der Waals surface area contributed by atoms with Gasteiger partial charge in [-0.05, 0) is 25.0 Å². The maximum Gasteiger partial charge on any atom is 0.305 e. The summed E-state index contributed by atoms with van der Waals surface area (Å²) in [4.78, 5) is 11.2. The van der Waals surface area contributed by atoms with E-state index in [1.807, 2.05) is 0 Å². The van der Waals surface area contributed by atoms with Crippen LogP contribution in [0.1, 0.15) is 19.3 Å². The number of fused-ring (bicyclic) bond motifs is 3. The number of para-hydroxylation sites is 2. The van der Waals surface area contributed by atoms with Gasteiger partial charge in [-0.3, -0.25) is 4.79 Å². The van der Waals surface area contributed by atoms with Crippen molar-refractivity contribution in [3.05, 3.63) is 48.5 Å². The van der Waals surface area contributed by atoms with Crippen molar-refractivity contribution < 1.29 is 9.53 Å². The fourth-order valence-electron chi connectivity index (χ4n) is 2.89. The number of carbonyl (C=O) groups excluding carboxylic acids is 1. The molecule has 0 atom stereocenters. The molecule has 0 bridgehead atoms. The van der Waals surface area contributed by atoms with E-state index in [-0.39, 0.29) is 5.97 Å². The highest BCUT2D eigenvalue weighted by molar-refractivity contribution is 6.07. The largest absolute Gasteiger partial charge is 0.469 e. The Balaban J connectivity index is 1.88. The van der Waals surface area contributed by atoms with Crippen LogP contribution in [0, 0.1) is 0 Å². The second kappa shape index (κ2) is 6.00. The summed E-state index contributed by atoms with van der Waals surface area (Å²) in [5, 5.41) is 2.59. The highest BCUT2D eigenvalue weighted by Crippen LogP contribution is 2.28. The normalized spacial score (nSPS) is 11.1. The Bertz CT molecular complexity index is 720. The van der Waals surface area contributed by atoms with E-state index in [9.17, 15) is 4.79 Å². The van der Waals surface area contributed by atoms with Gasteiger partial charge in [0.25, 0.3) is 0 Å². The number of methoxy groups -OCH3 is 1. The van der Waals surface area contributed by atoms with Crippen LogP contribution in [0.15, 0.2) is 48.5 Å². The molecule has 3 rings (SSSR count). The Labute approximate surface area is 124 Å². The number of rotatable bonds is 5. The summed E-state index contributed by atoms with van der Waals surface area (Å²) >= 11 is 0. The molecule has 0 aliphatic heterocycles. The van der Waals surface area contributed by atoms with Gasteiger partial charge in [0.15, 0.2) is 0 Å². The van der Waals surface area contributed by atoms with E-state index in [1.54, 1.807) is 0 Å². The first kappa shape index (κ1) is 13.7. The molecule has 0 aliphatic rings. The summed E-state index contributed by atoms with van der Waals surface area (Å²) in [6.45, 7) is 0.922. The highest BCUT2D eigenvalue weighted by Gasteiger charge is 2.09. The molecule has 0 radical (unpaired) electrons. The number of aryl methyl sites for hydroxylation is 1. The predicted molar refractivity (Wildman–Crippen MR) is 85.3 cm³/mol. The number of hydrogen-bond acceptors (Lipinski definition) is 2. The van der Waals surface area contributed by atoms with Crippen LogP contribution < -0.4 is 0 Å². The monoisotopic (exact) mass is 281 g/mol. The van der Waals surface area contributed by atoms with Gasteiger partial charge in [-0.2, -0.15) is 0 Å². The highest BCUT2D eigenvalue weighted by atomic mass is 16.5. The Hall–Kier alpha value is -2.29. The lowest BCUT2D eigenvalue weighted by atomic mass is 10.2. The minimum absolute atomic E-state index is 0.128. The van der Waals surface area contributed by atoms with Crippen LogP contribution in [0.4, 0.5) is 0 Å². The van der Waals surface area contributed by atoms with Gasteiger partial charge < -0.3 is 9.30 Å². The van der Waals surface area contributed by atoms with Crippen molar-refractivity contribution in [1.82, 2.24) is 4.57 Å². The third-order valence-electron chi connectivity index (χ3n) is 3.92. The van der Waals surface area contributed by atoms with E-state index >= 15 is 0 Å². The van der Waals surface area contributed by atoms with Gasteiger partial charge in [-0.1, -0.05) is 36.4 Å². The first-order valence-electron chi connectivity index (χ1n) is 7.34. The van der Waals surface area contributed by atoms with Crippen molar-refractivity contribution in [2.75, 3.05) is 7.11 Å². The molecule has 0 spiro atoms. The fourth-order valence-corrected chi connectivity index (χ4v) is 2.89. The lowest BCUT2D eigenvalue weighted by Gasteiger charge is -2.07. The topological polar surface area (TPSA) is 31.2 Å². The molecule has 108 valence electrons. The molecule has 21 heavy (non-hydrogen) atoms. The Morgan fingerprint density at radius 3 is 2.10 bits per heavy atom. The number of aromatic nitrogens is 1. The molecule has 2 aromatic carbocycles. The third-order valence-corrected chi connectivity index (χ3v) is 3.92. The summed E-state index contributed by atoms with van der Waals surface area (Å²) in [5.41, 5.74) is 2.52. The Kier molecular flexibility index (Phi) is 3.91. The molecule has 0 saturated heterocycles. The molecular formula is C18H19NO2. The summed E-state index contributed by atoms with van der Waals surface area (Å²) in [5.74, 6) is -0.128. The van der Waals surface area contributed by atoms with Crippen molar-refractivity contribution in [3.8, 4) is 0 Å². The van der Waals surface area contributed by atoms with Crippen molar-refractivity contribution in [2.24, 2.45) is 0 Å². The van der Waals surface area contributed by atoms with Gasteiger partial charge in [0.2, 0.25) is 0 Å². The number of nitrogens with zero attached hydrogens (tertiary/aromatic N) is 1. The van der Waals surface area contributed by atoms with Crippen LogP contribution in [0.2, 0.25) is 0 Å². The Morgan fingerprint density at radius 2 is 1.52 bits per heavy atom. The smallest absolute Gasteiger partial charge is 0.305 e. The zero-order chi connectivity index (χ0) is 14.7. The fraction of sp³-hybridized carbons (Fsp3) is 0.278. The van der Waals surface area contributed by atoms with Crippen LogP contribution >= 0.6 is 0 Å². The maximum atomic E-state index is 11.2. The molecule has 0 saturated carbocycles. The zero-order valence-corrected chi connectivity index (χ0v) is 12.2. The molecule has 3 heteroatoms. The van der Waals surface area contributed by atoms with Gasteiger partial charge in [0.05, 0.1) is 7.11 Å². The van der Waals surface area contributed by atoms with Gasteiger partial charge >= 0.3 is 5.97 Å². The lowest BCUT2D eigenvalue weighted by Crippen LogP contribution is -2.02. The van der Waals surface area contributed by atoms with Crippen molar-refractivity contribution in [1.29, 1.82) is 0 Å². The average molecular weight is 281 g/mol. The van der Waals surface area contributed by atoms with E-state index in [0.717, 1.165) is 19.4 Å². The summed E-state index contributed by atoms with van der Waals surface area (Å²) in [6.07, 6.45) is 2.32. The average Bonchev–Trinajstić information content (AvgIpc) is 2.86. The van der Waals surface area contributed by atoms with Crippen LogP contribution in [-0.2, 0) is 16.1 Å². The van der Waals surface area contributed by atoms with Gasteiger partial charge in [-0.25, -0.2) is 0 Å². The number of ether oxygens (including phenoxy) is 1. The maximum absolute atomic E-state index is 11.2. The molecule has 1 heterocycles. The van der Waals surface area contributed by atoms with Crippen LogP contribution in [-0.4, -0.2) is 17.6 Å². The summed E-state index contributed by atoms with van der Waals surface area (Å²) < 4.78 is 7.03. The number of esters is 1. The van der Waals surface area contributed by atoms with Crippen LogP contribution in [0.5, 0.6) is 0 Å². The molecule has 3 nitrogen and oxygen atoms in total. The first-order valence-corrected chi connectivity index (χ1v) is 7.34. The molecule has 3 aromatic rings. The third kappa shape index (κ3) is 2.64. The lowest BCUT2D eigenvalue weighted by molar-refractivity contribution is -0.140. The van der Waals surface area contributed by atoms with E-state index in [1.165, 1.54) is 28.9 Å². The van der Waals surface area contributed by atoms with Gasteiger partial charge in [0, 0.05) is 34.8 Å². The van der Waals surface area contributed by atoms with E-state index in [4.69, 9.17) is 0 Å². The summed E-state index contributed by atoms with van der Waals surface area (Å²) in [7, 11) is 1.44. The van der Waals surface area contributed by atoms with E-state index < -0.39 is 0 Å². The van der Waals surface area contributed by atoms with Gasteiger partial charge in [-0.15, -0.1) is 0 Å². The second-order valence-electron chi connectivity index (χ2n) is 5.22. The molecular weight excluding hydrogens is 262 g/mol. The summed E-state index contributed by atoms with van der Waals surface area (Å²) in [6, 6.07) is 17.0. The van der Waals surface area contributed by atoms with Crippen LogP contribution in [0.3, 0.4) is 0 Å². The quantitative estimate of drug-likeness (QED) is 0.520. The number of hydrogen-bond donors (Lipinski definition) is 0. The van der Waals surface area contributed by atoms with Crippen LogP contribution in [0.25, 0.3) is 21.8 Å². The molecule has 0 amide bonds. The predicted octanol–water partition coefficient (Wildman–Crippen LogP) is 4.14. The van der Waals surface area contributed by atoms with Crippen molar-refractivity contribution in [2.45, 2.75) is 25.8 Å². The first-order chi connectivity index (χ1) is 10.3. The minimum atomic E-state index is -0.128. The number of unbranched alkanes of at least 4 members (excludes halogenated alkanes) is 1. The minimum Gasteiger partial charge on any atom is -0.469 e. The van der Waals surface area contributed by atoms with Gasteiger partial charge in [0.1, 0.15) is 0 Å². The molecule has 1 aromatic heterocycles. The van der Waals surface area contributed by atoms with Crippen molar-refractivity contribution in [3.63, 3.8) is 0 Å². The number of benzene rings is 2. The van der Waals surface area contributed by atoms with E-state index in [2.05, 4.69) is 57.8 Å². The number of carbonyl (C=O) groups is 1. The van der Waals surface area contributed by atoms with Crippen molar-refractivity contribution >= 4 is 27.8 Å². The molecule has 0 unspecified atom stereocenters. The second-order valence-corrected chi connectivity index (χ2v) is 5.22. The molecule has 0 aliphatic carbocycles. The molecule has 0 N–H and O–H groups in total. The van der Waals surface area contributed by atoms with E-state index in [0.29, 0.717) is 6.42 Å².